The minimum Gasteiger partial charge on any atom is -0.381 e. The number of carbonyl (C=O) groups is 2. The fourth-order valence-electron chi connectivity index (χ4n) is 2.99. The average Bonchev–Trinajstić information content (AvgIpc) is 3.13. The fourth-order valence-corrected chi connectivity index (χ4v) is 2.99. The van der Waals surface area contributed by atoms with Gasteiger partial charge in [0.15, 0.2) is 0 Å². The molecular weight excluding hydrogens is 244 g/mol. The van der Waals surface area contributed by atoms with E-state index in [4.69, 9.17) is 4.74 Å². The molecule has 1 saturated carbocycles. The number of nitrogens with one attached hydrogen (secondary N) is 1. The molecule has 5 nitrogen and oxygen atoms in total. The molecule has 2 aliphatic heterocycles. The second kappa shape index (κ2) is 5.49. The van der Waals surface area contributed by atoms with E-state index in [9.17, 15) is 9.59 Å². The lowest BCUT2D eigenvalue weighted by atomic mass is 9.96. The van der Waals surface area contributed by atoms with Gasteiger partial charge in [0, 0.05) is 38.1 Å². The van der Waals surface area contributed by atoms with Gasteiger partial charge < -0.3 is 15.0 Å². The van der Waals surface area contributed by atoms with Crippen molar-refractivity contribution in [3.8, 4) is 0 Å². The van der Waals surface area contributed by atoms with Crippen LogP contribution in [-0.2, 0) is 14.3 Å². The Hall–Kier alpha value is -1.10. The highest BCUT2D eigenvalue weighted by Gasteiger charge is 2.38. The quantitative estimate of drug-likeness (QED) is 0.808. The molecule has 0 spiro atoms. The van der Waals surface area contributed by atoms with Gasteiger partial charge >= 0.3 is 0 Å². The molecule has 2 amide bonds. The second-order valence-corrected chi connectivity index (χ2v) is 5.99. The normalized spacial score (nSPS) is 31.1. The van der Waals surface area contributed by atoms with Gasteiger partial charge in [0.1, 0.15) is 0 Å². The summed E-state index contributed by atoms with van der Waals surface area (Å²) in [6, 6.07) is 0.450. The smallest absolute Gasteiger partial charge is 0.227 e. The highest BCUT2D eigenvalue weighted by molar-refractivity contribution is 5.84. The molecule has 106 valence electrons. The Balaban J connectivity index is 1.59. The Morgan fingerprint density at radius 3 is 2.74 bits per heavy atom. The van der Waals surface area contributed by atoms with Crippen molar-refractivity contribution in [2.24, 2.45) is 11.8 Å². The Bertz CT molecular complexity index is 352. The number of hydrogen-bond acceptors (Lipinski definition) is 3. The number of rotatable bonds is 4. The van der Waals surface area contributed by atoms with Crippen molar-refractivity contribution in [2.45, 2.75) is 38.1 Å². The van der Waals surface area contributed by atoms with Gasteiger partial charge in [-0.1, -0.05) is 0 Å². The van der Waals surface area contributed by atoms with E-state index in [2.05, 4.69) is 10.2 Å². The maximum atomic E-state index is 12.6. The number of carbonyl (C=O) groups excluding carboxylic acids is 2. The number of piperidine rings is 1. The van der Waals surface area contributed by atoms with Crippen LogP contribution in [0.5, 0.6) is 0 Å². The maximum absolute atomic E-state index is 12.6. The summed E-state index contributed by atoms with van der Waals surface area (Å²) < 4.78 is 5.40. The third-order valence-electron chi connectivity index (χ3n) is 4.36. The number of amides is 2. The SMILES string of the molecule is O=C1CCC(C(=O)N(CC2CCOC2)C2CC2)CN1. The van der Waals surface area contributed by atoms with Crippen LogP contribution in [0, 0.1) is 11.8 Å². The largest absolute Gasteiger partial charge is 0.381 e. The predicted molar refractivity (Wildman–Crippen MR) is 69.4 cm³/mol. The summed E-state index contributed by atoms with van der Waals surface area (Å²) in [6.07, 6.45) is 4.53. The van der Waals surface area contributed by atoms with Crippen LogP contribution in [0.3, 0.4) is 0 Å². The molecule has 3 fully saturated rings. The standard InChI is InChI=1S/C14H22N2O3/c17-13-4-1-11(7-15-13)14(18)16(12-2-3-12)8-10-5-6-19-9-10/h10-12H,1-9H2,(H,15,17). The zero-order valence-electron chi connectivity index (χ0n) is 11.3. The molecule has 0 aromatic rings. The van der Waals surface area contributed by atoms with E-state index in [1.54, 1.807) is 0 Å². The Morgan fingerprint density at radius 2 is 2.16 bits per heavy atom. The van der Waals surface area contributed by atoms with Crippen LogP contribution in [-0.4, -0.2) is 49.1 Å². The molecule has 19 heavy (non-hydrogen) atoms. The highest BCUT2D eigenvalue weighted by Crippen LogP contribution is 2.31. The highest BCUT2D eigenvalue weighted by atomic mass is 16.5. The van der Waals surface area contributed by atoms with Gasteiger partial charge in [0.2, 0.25) is 11.8 Å². The summed E-state index contributed by atoms with van der Waals surface area (Å²) in [6.45, 7) is 2.98. The van der Waals surface area contributed by atoms with E-state index in [1.165, 1.54) is 0 Å². The topological polar surface area (TPSA) is 58.6 Å². The van der Waals surface area contributed by atoms with Crippen LogP contribution in [0.4, 0.5) is 0 Å². The zero-order valence-corrected chi connectivity index (χ0v) is 11.3. The van der Waals surface area contributed by atoms with Crippen LogP contribution in [0.25, 0.3) is 0 Å². The summed E-state index contributed by atoms with van der Waals surface area (Å²) in [5.41, 5.74) is 0. The van der Waals surface area contributed by atoms with E-state index >= 15 is 0 Å². The summed E-state index contributed by atoms with van der Waals surface area (Å²) in [5, 5.41) is 2.81. The van der Waals surface area contributed by atoms with E-state index in [-0.39, 0.29) is 17.7 Å². The molecule has 3 aliphatic rings. The summed E-state index contributed by atoms with van der Waals surface area (Å²) in [7, 11) is 0. The molecule has 2 atom stereocenters. The minimum atomic E-state index is -0.0133. The molecular formula is C14H22N2O3. The van der Waals surface area contributed by atoms with Crippen molar-refractivity contribution >= 4 is 11.8 Å². The second-order valence-electron chi connectivity index (χ2n) is 5.99. The average molecular weight is 266 g/mol. The lowest BCUT2D eigenvalue weighted by Gasteiger charge is -2.31. The van der Waals surface area contributed by atoms with E-state index in [1.807, 2.05) is 0 Å². The molecule has 2 saturated heterocycles. The minimum absolute atomic E-state index is 0.0133. The van der Waals surface area contributed by atoms with Crippen molar-refractivity contribution in [3.63, 3.8) is 0 Å². The molecule has 5 heteroatoms. The van der Waals surface area contributed by atoms with Crippen LogP contribution in [0.1, 0.15) is 32.1 Å². The van der Waals surface area contributed by atoms with E-state index in [0.717, 1.165) is 39.0 Å². The summed E-state index contributed by atoms with van der Waals surface area (Å²) >= 11 is 0. The maximum Gasteiger partial charge on any atom is 0.227 e. The van der Waals surface area contributed by atoms with Gasteiger partial charge in [-0.2, -0.15) is 0 Å². The Morgan fingerprint density at radius 1 is 1.32 bits per heavy atom. The first kappa shape index (κ1) is 12.9. The van der Waals surface area contributed by atoms with E-state index in [0.29, 0.717) is 31.3 Å². The van der Waals surface area contributed by atoms with Gasteiger partial charge in [0.25, 0.3) is 0 Å². The van der Waals surface area contributed by atoms with Crippen molar-refractivity contribution in [3.05, 3.63) is 0 Å². The molecule has 2 heterocycles. The van der Waals surface area contributed by atoms with Gasteiger partial charge in [-0.25, -0.2) is 0 Å². The van der Waals surface area contributed by atoms with Crippen molar-refractivity contribution in [2.75, 3.05) is 26.3 Å². The first-order valence-corrected chi connectivity index (χ1v) is 7.39. The number of ether oxygens (including phenoxy) is 1. The van der Waals surface area contributed by atoms with Gasteiger partial charge in [-0.3, -0.25) is 9.59 Å². The first-order valence-electron chi connectivity index (χ1n) is 7.39. The lowest BCUT2D eigenvalue weighted by molar-refractivity contribution is -0.138. The summed E-state index contributed by atoms with van der Waals surface area (Å²) in [5.74, 6) is 0.809. The van der Waals surface area contributed by atoms with Crippen LogP contribution >= 0.6 is 0 Å². The van der Waals surface area contributed by atoms with E-state index < -0.39 is 0 Å². The van der Waals surface area contributed by atoms with Crippen LogP contribution < -0.4 is 5.32 Å². The molecule has 1 aliphatic carbocycles. The molecule has 0 aromatic carbocycles. The third-order valence-corrected chi connectivity index (χ3v) is 4.36. The molecule has 0 bridgehead atoms. The lowest BCUT2D eigenvalue weighted by Crippen LogP contribution is -2.47. The van der Waals surface area contributed by atoms with Crippen molar-refractivity contribution in [1.82, 2.24) is 10.2 Å². The van der Waals surface area contributed by atoms with Crippen LogP contribution in [0.15, 0.2) is 0 Å². The van der Waals surface area contributed by atoms with Crippen LogP contribution in [0.2, 0.25) is 0 Å². The molecule has 0 radical (unpaired) electrons. The zero-order chi connectivity index (χ0) is 13.2. The Kier molecular flexibility index (Phi) is 3.73. The van der Waals surface area contributed by atoms with Crippen molar-refractivity contribution < 1.29 is 14.3 Å². The number of hydrogen-bond donors (Lipinski definition) is 1. The molecule has 1 N–H and O–H groups in total. The van der Waals surface area contributed by atoms with Gasteiger partial charge in [0.05, 0.1) is 12.5 Å². The fraction of sp³-hybridized carbons (Fsp3) is 0.857. The van der Waals surface area contributed by atoms with Gasteiger partial charge in [-0.15, -0.1) is 0 Å². The number of nitrogens with zero attached hydrogens (tertiary/aromatic N) is 1. The predicted octanol–water partition coefficient (Wildman–Crippen LogP) is 0.540. The monoisotopic (exact) mass is 266 g/mol. The molecule has 2 unspecified atom stereocenters. The molecule has 0 aromatic heterocycles. The summed E-state index contributed by atoms with van der Waals surface area (Å²) in [4.78, 5) is 25.9. The van der Waals surface area contributed by atoms with Gasteiger partial charge in [-0.05, 0) is 25.7 Å². The first-order chi connectivity index (χ1) is 9.24. The van der Waals surface area contributed by atoms with Crippen molar-refractivity contribution in [1.29, 1.82) is 0 Å². The molecule has 3 rings (SSSR count). The Labute approximate surface area is 113 Å². The third kappa shape index (κ3) is 3.08.